The maximum atomic E-state index is 12.2. The van der Waals surface area contributed by atoms with Crippen molar-refractivity contribution in [2.75, 3.05) is 0 Å². The van der Waals surface area contributed by atoms with E-state index in [0.717, 1.165) is 0 Å². The Labute approximate surface area is 131 Å². The summed E-state index contributed by atoms with van der Waals surface area (Å²) >= 11 is 0. The van der Waals surface area contributed by atoms with Gasteiger partial charge in [-0.25, -0.2) is 15.0 Å². The smallest absolute Gasteiger partial charge is 0.445 e. The summed E-state index contributed by atoms with van der Waals surface area (Å²) in [6.07, 6.45) is 4.08. The first-order valence-electron chi connectivity index (χ1n) is 3.99. The number of oxazole rings is 1. The van der Waals surface area contributed by atoms with Gasteiger partial charge in [0.25, 0.3) is 5.89 Å². The first-order valence-corrected chi connectivity index (χ1v) is 3.99. The summed E-state index contributed by atoms with van der Waals surface area (Å²) in [6.45, 7) is -5.06. The molecule has 0 spiro atoms. The molecule has 0 saturated carbocycles. The van der Waals surface area contributed by atoms with E-state index < -0.39 is 12.4 Å². The number of aromatic nitrogens is 3. The third-order valence-corrected chi connectivity index (χ3v) is 1.67. The van der Waals surface area contributed by atoms with Crippen molar-refractivity contribution in [2.24, 2.45) is 0 Å². The average molecular weight is 253 g/mol. The minimum absolute atomic E-state index is 0. The molecule has 0 saturated heterocycles. The van der Waals surface area contributed by atoms with Crippen molar-refractivity contribution >= 4 is 12.4 Å². The van der Waals surface area contributed by atoms with E-state index in [1.807, 2.05) is 0 Å². The van der Waals surface area contributed by atoms with Crippen molar-refractivity contribution < 1.29 is 68.7 Å². The van der Waals surface area contributed by atoms with Crippen molar-refractivity contribution in [2.45, 2.75) is 0 Å². The standard InChI is InChI=1S/C7H4BF3N3O.K/c9-8(10,11)5-3-13-6(14-4-5)7-12-1-2-15-7;/h1-4H;/q-1;+1. The van der Waals surface area contributed by atoms with E-state index in [2.05, 4.69) is 15.0 Å². The molecule has 0 unspecified atom stereocenters. The van der Waals surface area contributed by atoms with Crippen LogP contribution in [0, 0.1) is 0 Å². The van der Waals surface area contributed by atoms with Crippen molar-refractivity contribution in [1.29, 1.82) is 0 Å². The molecule has 78 valence electrons. The molecule has 2 rings (SSSR count). The van der Waals surface area contributed by atoms with Crippen LogP contribution >= 0.6 is 0 Å². The van der Waals surface area contributed by atoms with Gasteiger partial charge in [-0.15, -0.1) is 0 Å². The van der Waals surface area contributed by atoms with Gasteiger partial charge in [0.15, 0.2) is 0 Å². The predicted molar refractivity (Wildman–Crippen MR) is 46.2 cm³/mol. The van der Waals surface area contributed by atoms with Crippen LogP contribution in [-0.4, -0.2) is 21.9 Å². The van der Waals surface area contributed by atoms with Gasteiger partial charge in [-0.2, -0.15) is 0 Å². The largest absolute Gasteiger partial charge is 1.00 e. The molecule has 0 N–H and O–H groups in total. The molecular weight excluding hydrogens is 249 g/mol. The number of rotatable bonds is 2. The second-order valence-electron chi connectivity index (χ2n) is 2.75. The van der Waals surface area contributed by atoms with Crippen LogP contribution in [0.5, 0.6) is 0 Å². The fraction of sp³-hybridized carbons (Fsp3) is 0. The summed E-state index contributed by atoms with van der Waals surface area (Å²) in [7, 11) is 0. The summed E-state index contributed by atoms with van der Waals surface area (Å²) in [5.41, 5.74) is -0.842. The molecular formula is C7H4BF3KN3O. The van der Waals surface area contributed by atoms with Gasteiger partial charge in [0.1, 0.15) is 6.26 Å². The van der Waals surface area contributed by atoms with Crippen LogP contribution < -0.4 is 56.8 Å². The number of halogens is 3. The molecule has 0 aliphatic carbocycles. The zero-order valence-electron chi connectivity index (χ0n) is 8.27. The summed E-state index contributed by atoms with van der Waals surface area (Å²) in [4.78, 5) is 10.7. The van der Waals surface area contributed by atoms with Gasteiger partial charge in [0.2, 0.25) is 5.82 Å². The molecule has 0 atom stereocenters. The molecule has 0 bridgehead atoms. The number of nitrogens with zero attached hydrogens (tertiary/aromatic N) is 3. The normalized spacial score (nSPS) is 10.9. The molecule has 0 amide bonds. The van der Waals surface area contributed by atoms with Crippen LogP contribution in [0.25, 0.3) is 11.7 Å². The van der Waals surface area contributed by atoms with E-state index >= 15 is 0 Å². The summed E-state index contributed by atoms with van der Waals surface area (Å²) in [6, 6.07) is 0. The van der Waals surface area contributed by atoms with Crippen molar-refractivity contribution in [3.8, 4) is 11.7 Å². The fourth-order valence-corrected chi connectivity index (χ4v) is 0.951. The van der Waals surface area contributed by atoms with Crippen molar-refractivity contribution in [3.63, 3.8) is 0 Å². The molecule has 2 aromatic rings. The van der Waals surface area contributed by atoms with E-state index in [1.165, 1.54) is 12.5 Å². The molecule has 9 heteroatoms. The van der Waals surface area contributed by atoms with E-state index in [4.69, 9.17) is 4.42 Å². The van der Waals surface area contributed by atoms with Crippen LogP contribution in [0.1, 0.15) is 0 Å². The minimum atomic E-state index is -5.06. The van der Waals surface area contributed by atoms with Gasteiger partial charge in [-0.3, -0.25) is 0 Å². The van der Waals surface area contributed by atoms with Crippen molar-refractivity contribution in [3.05, 3.63) is 24.9 Å². The van der Waals surface area contributed by atoms with E-state index in [1.54, 1.807) is 0 Å². The van der Waals surface area contributed by atoms with Gasteiger partial charge < -0.3 is 17.4 Å². The molecule has 2 aromatic heterocycles. The van der Waals surface area contributed by atoms with Gasteiger partial charge in [0, 0.05) is 12.4 Å². The topological polar surface area (TPSA) is 51.8 Å². The van der Waals surface area contributed by atoms with Gasteiger partial charge >= 0.3 is 58.4 Å². The first kappa shape index (κ1) is 13.8. The SMILES string of the molecule is F[B-](F)(F)c1cnc(-c2ncco2)nc1.[K+]. The quantitative estimate of drug-likeness (QED) is 0.592. The van der Waals surface area contributed by atoms with Crippen LogP contribution in [0.3, 0.4) is 0 Å². The molecule has 0 aromatic carbocycles. The Hall–Kier alpha value is -0.219. The number of hydrogen-bond acceptors (Lipinski definition) is 4. The van der Waals surface area contributed by atoms with Crippen LogP contribution in [0.4, 0.5) is 12.9 Å². The minimum Gasteiger partial charge on any atom is -0.445 e. The molecule has 0 radical (unpaired) electrons. The second kappa shape index (κ2) is 5.41. The predicted octanol–water partition coefficient (Wildman–Crippen LogP) is -1.81. The molecule has 16 heavy (non-hydrogen) atoms. The molecule has 4 nitrogen and oxygen atoms in total. The molecule has 0 fully saturated rings. The van der Waals surface area contributed by atoms with Gasteiger partial charge in [-0.05, 0) is 0 Å². The average Bonchev–Trinajstić information content (AvgIpc) is 2.69. The van der Waals surface area contributed by atoms with E-state index in [-0.39, 0.29) is 63.1 Å². The Morgan fingerprint density at radius 1 is 1.06 bits per heavy atom. The molecule has 0 aliphatic rings. The van der Waals surface area contributed by atoms with Gasteiger partial charge in [-0.1, -0.05) is 5.46 Å². The Balaban J connectivity index is 0.00000128. The van der Waals surface area contributed by atoms with Crippen LogP contribution in [0.15, 0.2) is 29.3 Å². The Morgan fingerprint density at radius 2 is 1.69 bits per heavy atom. The summed E-state index contributed by atoms with van der Waals surface area (Å²) in [5.74, 6) is 0.125. The third kappa shape index (κ3) is 3.14. The third-order valence-electron chi connectivity index (χ3n) is 1.67. The fourth-order valence-electron chi connectivity index (χ4n) is 0.951. The number of hydrogen-bond donors (Lipinski definition) is 0. The van der Waals surface area contributed by atoms with Crippen LogP contribution in [0.2, 0.25) is 0 Å². The second-order valence-corrected chi connectivity index (χ2v) is 2.75. The Kier molecular flexibility index (Phi) is 4.68. The Morgan fingerprint density at radius 3 is 2.12 bits per heavy atom. The van der Waals surface area contributed by atoms with Gasteiger partial charge in [0.05, 0.1) is 6.20 Å². The maximum absolute atomic E-state index is 12.2. The van der Waals surface area contributed by atoms with E-state index in [9.17, 15) is 12.9 Å². The first-order chi connectivity index (χ1) is 7.07. The summed E-state index contributed by atoms with van der Waals surface area (Å²) < 4.78 is 41.4. The maximum Gasteiger partial charge on any atom is 1.00 e. The van der Waals surface area contributed by atoms with Crippen molar-refractivity contribution in [1.82, 2.24) is 15.0 Å². The van der Waals surface area contributed by atoms with Crippen LogP contribution in [-0.2, 0) is 0 Å². The molecule has 0 aliphatic heterocycles. The monoisotopic (exact) mass is 253 g/mol. The zero-order chi connectivity index (χ0) is 10.9. The summed E-state index contributed by atoms with van der Waals surface area (Å²) in [5, 5.41) is 0. The van der Waals surface area contributed by atoms with E-state index in [0.29, 0.717) is 12.4 Å². The molecule has 2 heterocycles. The zero-order valence-corrected chi connectivity index (χ0v) is 11.4. The Bertz CT molecular complexity index is 445.